The Kier molecular flexibility index (Phi) is 7.01. The van der Waals surface area contributed by atoms with Gasteiger partial charge in [0.1, 0.15) is 0 Å². The molecule has 3 heteroatoms. The van der Waals surface area contributed by atoms with Gasteiger partial charge in [-0.1, -0.05) is 13.8 Å². The Morgan fingerprint density at radius 3 is 2.06 bits per heavy atom. The number of rotatable bonds is 7. The Hall–Kier alpha value is -0.120. The lowest BCUT2D eigenvalue weighted by molar-refractivity contribution is 0.0957. The predicted octanol–water partition coefficient (Wildman–Crippen LogP) is 1.69. The van der Waals surface area contributed by atoms with Gasteiger partial charge in [-0.15, -0.1) is 0 Å². The number of methoxy groups -OCH3 is 1. The van der Waals surface area contributed by atoms with Crippen molar-refractivity contribution in [1.82, 2.24) is 9.80 Å². The van der Waals surface area contributed by atoms with Crippen LogP contribution in [0.1, 0.15) is 26.7 Å². The van der Waals surface area contributed by atoms with Crippen LogP contribution in [0.2, 0.25) is 0 Å². The fraction of sp³-hybridized carbons (Fsp3) is 1.00. The molecule has 1 aliphatic heterocycles. The lowest BCUT2D eigenvalue weighted by Crippen LogP contribution is -2.47. The Balaban J connectivity index is 2.03. The zero-order valence-corrected chi connectivity index (χ0v) is 11.2. The fourth-order valence-electron chi connectivity index (χ4n) is 2.18. The van der Waals surface area contributed by atoms with E-state index in [1.54, 1.807) is 7.11 Å². The molecular formula is C13H28N2O. The molecule has 16 heavy (non-hydrogen) atoms. The molecule has 0 radical (unpaired) electrons. The molecule has 1 rings (SSSR count). The predicted molar refractivity (Wildman–Crippen MR) is 68.8 cm³/mol. The molecule has 0 aromatic carbocycles. The highest BCUT2D eigenvalue weighted by atomic mass is 16.5. The van der Waals surface area contributed by atoms with E-state index in [9.17, 15) is 0 Å². The molecule has 1 heterocycles. The molecule has 3 nitrogen and oxygen atoms in total. The second-order valence-corrected chi connectivity index (χ2v) is 5.21. The van der Waals surface area contributed by atoms with Crippen molar-refractivity contribution in [1.29, 1.82) is 0 Å². The molecule has 0 aliphatic carbocycles. The van der Waals surface area contributed by atoms with Crippen LogP contribution >= 0.6 is 0 Å². The molecule has 0 saturated carbocycles. The van der Waals surface area contributed by atoms with Crippen LogP contribution in [0, 0.1) is 5.92 Å². The maximum atomic E-state index is 5.11. The Labute approximate surface area is 101 Å². The van der Waals surface area contributed by atoms with Gasteiger partial charge in [-0.05, 0) is 25.3 Å². The van der Waals surface area contributed by atoms with Gasteiger partial charge >= 0.3 is 0 Å². The smallest absolute Gasteiger partial charge is 0.0589 e. The van der Waals surface area contributed by atoms with Crippen LogP contribution in [0.5, 0.6) is 0 Å². The van der Waals surface area contributed by atoms with Gasteiger partial charge in [-0.25, -0.2) is 0 Å². The summed E-state index contributed by atoms with van der Waals surface area (Å²) in [4.78, 5) is 5.11. The topological polar surface area (TPSA) is 15.7 Å². The molecule has 1 saturated heterocycles. The molecule has 0 unspecified atom stereocenters. The molecule has 1 aliphatic rings. The van der Waals surface area contributed by atoms with E-state index in [1.807, 2.05) is 0 Å². The van der Waals surface area contributed by atoms with E-state index in [-0.39, 0.29) is 0 Å². The van der Waals surface area contributed by atoms with Gasteiger partial charge in [0.2, 0.25) is 0 Å². The summed E-state index contributed by atoms with van der Waals surface area (Å²) in [7, 11) is 1.78. The summed E-state index contributed by atoms with van der Waals surface area (Å²) in [5.41, 5.74) is 0. The second-order valence-electron chi connectivity index (χ2n) is 5.21. The monoisotopic (exact) mass is 228 g/mol. The van der Waals surface area contributed by atoms with Crippen molar-refractivity contribution in [2.24, 2.45) is 5.92 Å². The average molecular weight is 228 g/mol. The van der Waals surface area contributed by atoms with Crippen LogP contribution in [0.25, 0.3) is 0 Å². The van der Waals surface area contributed by atoms with E-state index >= 15 is 0 Å². The lowest BCUT2D eigenvalue weighted by atomic mass is 10.1. The Bertz CT molecular complexity index is 165. The normalized spacial score (nSPS) is 19.5. The summed E-state index contributed by atoms with van der Waals surface area (Å²) < 4.78 is 5.11. The van der Waals surface area contributed by atoms with E-state index in [0.717, 1.165) is 19.1 Å². The van der Waals surface area contributed by atoms with E-state index in [1.165, 1.54) is 45.6 Å². The van der Waals surface area contributed by atoms with Crippen molar-refractivity contribution in [2.45, 2.75) is 26.7 Å². The zero-order valence-electron chi connectivity index (χ0n) is 11.2. The van der Waals surface area contributed by atoms with Crippen LogP contribution < -0.4 is 0 Å². The molecule has 0 spiro atoms. The van der Waals surface area contributed by atoms with Crippen molar-refractivity contribution in [2.75, 3.05) is 53.0 Å². The van der Waals surface area contributed by atoms with E-state index in [0.29, 0.717) is 0 Å². The molecule has 96 valence electrons. The molecule has 0 aromatic rings. The highest BCUT2D eigenvalue weighted by molar-refractivity contribution is 4.71. The number of nitrogens with zero attached hydrogens (tertiary/aromatic N) is 2. The molecule has 0 N–H and O–H groups in total. The maximum absolute atomic E-state index is 5.11. The first-order valence-electron chi connectivity index (χ1n) is 6.66. The standard InChI is InChI=1S/C13H28N2O/c1-13(2)5-4-6-14-7-9-15(10-8-14)11-12-16-3/h13H,4-12H2,1-3H3. The minimum absolute atomic E-state index is 0.850. The Morgan fingerprint density at radius 2 is 1.56 bits per heavy atom. The Morgan fingerprint density at radius 1 is 1.00 bits per heavy atom. The lowest BCUT2D eigenvalue weighted by Gasteiger charge is -2.34. The van der Waals surface area contributed by atoms with Gasteiger partial charge in [0.25, 0.3) is 0 Å². The number of hydrogen-bond acceptors (Lipinski definition) is 3. The molecule has 1 fully saturated rings. The van der Waals surface area contributed by atoms with Crippen molar-refractivity contribution in [3.05, 3.63) is 0 Å². The number of hydrogen-bond donors (Lipinski definition) is 0. The summed E-state index contributed by atoms with van der Waals surface area (Å²) >= 11 is 0. The number of ether oxygens (including phenoxy) is 1. The second kappa shape index (κ2) is 8.04. The van der Waals surface area contributed by atoms with E-state index < -0.39 is 0 Å². The zero-order chi connectivity index (χ0) is 11.8. The van der Waals surface area contributed by atoms with Crippen molar-refractivity contribution >= 4 is 0 Å². The third-order valence-corrected chi connectivity index (χ3v) is 3.33. The minimum Gasteiger partial charge on any atom is -0.383 e. The van der Waals surface area contributed by atoms with Crippen molar-refractivity contribution in [3.63, 3.8) is 0 Å². The van der Waals surface area contributed by atoms with Crippen molar-refractivity contribution < 1.29 is 4.74 Å². The maximum Gasteiger partial charge on any atom is 0.0589 e. The molecular weight excluding hydrogens is 200 g/mol. The van der Waals surface area contributed by atoms with Gasteiger partial charge in [0.15, 0.2) is 0 Å². The third-order valence-electron chi connectivity index (χ3n) is 3.33. The third kappa shape index (κ3) is 5.83. The van der Waals surface area contributed by atoms with Crippen LogP contribution in [-0.4, -0.2) is 62.8 Å². The van der Waals surface area contributed by atoms with Crippen molar-refractivity contribution in [3.8, 4) is 0 Å². The summed E-state index contributed by atoms with van der Waals surface area (Å²) in [5, 5.41) is 0. The molecule has 0 atom stereocenters. The van der Waals surface area contributed by atoms with Gasteiger partial charge in [0.05, 0.1) is 6.61 Å². The summed E-state index contributed by atoms with van der Waals surface area (Å²) in [6.07, 6.45) is 2.72. The van der Waals surface area contributed by atoms with E-state index in [4.69, 9.17) is 4.74 Å². The first-order chi connectivity index (χ1) is 7.72. The average Bonchev–Trinajstić information content (AvgIpc) is 2.27. The van der Waals surface area contributed by atoms with Crippen LogP contribution in [-0.2, 0) is 4.74 Å². The highest BCUT2D eigenvalue weighted by Gasteiger charge is 2.15. The SMILES string of the molecule is COCCN1CCN(CCCC(C)C)CC1. The van der Waals surface area contributed by atoms with Crippen LogP contribution in [0.3, 0.4) is 0 Å². The van der Waals surface area contributed by atoms with E-state index in [2.05, 4.69) is 23.6 Å². The van der Waals surface area contributed by atoms with Gasteiger partial charge in [-0.2, -0.15) is 0 Å². The summed E-state index contributed by atoms with van der Waals surface area (Å²) in [5.74, 6) is 0.850. The fourth-order valence-corrected chi connectivity index (χ4v) is 2.18. The van der Waals surface area contributed by atoms with Crippen LogP contribution in [0.4, 0.5) is 0 Å². The molecule has 0 bridgehead atoms. The number of piperazine rings is 1. The highest BCUT2D eigenvalue weighted by Crippen LogP contribution is 2.07. The molecule has 0 aromatic heterocycles. The summed E-state index contributed by atoms with van der Waals surface area (Å²) in [6, 6.07) is 0. The quantitative estimate of drug-likeness (QED) is 0.659. The summed E-state index contributed by atoms with van der Waals surface area (Å²) in [6.45, 7) is 12.8. The van der Waals surface area contributed by atoms with Crippen LogP contribution in [0.15, 0.2) is 0 Å². The minimum atomic E-state index is 0.850. The van der Waals surface area contributed by atoms with Gasteiger partial charge in [-0.3, -0.25) is 4.90 Å². The first-order valence-corrected chi connectivity index (χ1v) is 6.66. The largest absolute Gasteiger partial charge is 0.383 e. The van der Waals surface area contributed by atoms with Gasteiger partial charge in [0, 0.05) is 39.8 Å². The first kappa shape index (κ1) is 13.9. The molecule has 0 amide bonds. The van der Waals surface area contributed by atoms with Gasteiger partial charge < -0.3 is 9.64 Å².